The predicted octanol–water partition coefficient (Wildman–Crippen LogP) is 4.42. The van der Waals surface area contributed by atoms with Gasteiger partial charge in [0.25, 0.3) is 0 Å². The number of benzene rings is 1. The van der Waals surface area contributed by atoms with Gasteiger partial charge in [0, 0.05) is 11.1 Å². The lowest BCUT2D eigenvalue weighted by Gasteiger charge is -2.02. The van der Waals surface area contributed by atoms with Crippen molar-refractivity contribution in [2.75, 3.05) is 0 Å². The number of aryl methyl sites for hydroxylation is 2. The molecule has 2 nitrogen and oxygen atoms in total. The van der Waals surface area contributed by atoms with Crippen LogP contribution in [0.3, 0.4) is 0 Å². The third-order valence-electron chi connectivity index (χ3n) is 3.00. The van der Waals surface area contributed by atoms with Gasteiger partial charge in [-0.25, -0.2) is 4.98 Å². The Balaban J connectivity index is 2.23. The van der Waals surface area contributed by atoms with E-state index in [0.717, 1.165) is 10.7 Å². The van der Waals surface area contributed by atoms with Crippen molar-refractivity contribution >= 4 is 27.9 Å². The molecule has 0 spiro atoms. The fourth-order valence-corrected chi connectivity index (χ4v) is 3.24. The van der Waals surface area contributed by atoms with Gasteiger partial charge in [0.2, 0.25) is 0 Å². The lowest BCUT2D eigenvalue weighted by molar-refractivity contribution is 1.20. The number of thiazole rings is 1. The molecule has 1 aromatic carbocycles. The molecule has 0 saturated heterocycles. The van der Waals surface area contributed by atoms with Crippen molar-refractivity contribution < 1.29 is 0 Å². The Morgan fingerprint density at radius 2 is 1.94 bits per heavy atom. The summed E-state index contributed by atoms with van der Waals surface area (Å²) in [5, 5.41) is 0. The number of hydrogen-bond donors (Lipinski definition) is 0. The summed E-state index contributed by atoms with van der Waals surface area (Å²) in [6.45, 7) is 4.23. The predicted molar refractivity (Wildman–Crippen MR) is 77.5 cm³/mol. The summed E-state index contributed by atoms with van der Waals surface area (Å²) < 4.78 is 2.14. The van der Waals surface area contributed by atoms with E-state index in [4.69, 9.17) is 11.6 Å². The molecular weight excluding hydrogens is 264 g/mol. The Morgan fingerprint density at radius 1 is 1.22 bits per heavy atom. The molecule has 0 radical (unpaired) electrons. The van der Waals surface area contributed by atoms with E-state index in [0.29, 0.717) is 5.88 Å². The molecule has 4 heteroatoms. The molecule has 0 atom stereocenters. The molecule has 0 saturated carbocycles. The number of imidazole rings is 1. The summed E-state index contributed by atoms with van der Waals surface area (Å²) in [6.07, 6.45) is 2.03. The Bertz CT molecular complexity index is 694. The minimum absolute atomic E-state index is 0.459. The molecule has 3 aromatic rings. The standard InChI is InChI=1S/C14H13ClN2S/c1-9-3-5-11(6-4-9)13-10(2)18-14-16-12(7-15)8-17(13)14/h3-6,8H,7H2,1-2H3. The highest BCUT2D eigenvalue weighted by Crippen LogP contribution is 2.31. The summed E-state index contributed by atoms with van der Waals surface area (Å²) in [5.41, 5.74) is 4.65. The average Bonchev–Trinajstić information content (AvgIpc) is 2.87. The molecule has 0 bridgehead atoms. The normalized spacial score (nSPS) is 11.3. The molecular formula is C14H13ClN2S. The van der Waals surface area contributed by atoms with Gasteiger partial charge < -0.3 is 0 Å². The second kappa shape index (κ2) is 4.41. The lowest BCUT2D eigenvalue weighted by Crippen LogP contribution is -1.86. The second-order valence-electron chi connectivity index (χ2n) is 4.39. The molecule has 92 valence electrons. The fraction of sp³-hybridized carbons (Fsp3) is 0.214. The number of alkyl halides is 1. The van der Waals surface area contributed by atoms with Crippen LogP contribution in [0.25, 0.3) is 16.2 Å². The smallest absolute Gasteiger partial charge is 0.194 e. The van der Waals surface area contributed by atoms with Crippen LogP contribution < -0.4 is 0 Å². The zero-order chi connectivity index (χ0) is 12.7. The van der Waals surface area contributed by atoms with Gasteiger partial charge in [-0.1, -0.05) is 29.8 Å². The molecule has 0 aliphatic rings. The van der Waals surface area contributed by atoms with E-state index in [9.17, 15) is 0 Å². The zero-order valence-electron chi connectivity index (χ0n) is 10.3. The van der Waals surface area contributed by atoms with Gasteiger partial charge in [0.1, 0.15) is 0 Å². The minimum atomic E-state index is 0.459. The van der Waals surface area contributed by atoms with Gasteiger partial charge >= 0.3 is 0 Å². The lowest BCUT2D eigenvalue weighted by atomic mass is 10.1. The first-order chi connectivity index (χ1) is 8.69. The highest BCUT2D eigenvalue weighted by atomic mass is 35.5. The molecule has 2 aromatic heterocycles. The molecule has 0 aliphatic heterocycles. The van der Waals surface area contributed by atoms with E-state index < -0.39 is 0 Å². The van der Waals surface area contributed by atoms with E-state index in [1.807, 2.05) is 6.20 Å². The fourth-order valence-electron chi connectivity index (χ4n) is 2.12. The SMILES string of the molecule is Cc1ccc(-c2c(C)sc3nc(CCl)cn23)cc1. The minimum Gasteiger partial charge on any atom is -0.290 e. The van der Waals surface area contributed by atoms with Gasteiger partial charge in [-0.3, -0.25) is 4.40 Å². The highest BCUT2D eigenvalue weighted by molar-refractivity contribution is 7.17. The van der Waals surface area contributed by atoms with Crippen LogP contribution in [0.1, 0.15) is 16.1 Å². The topological polar surface area (TPSA) is 17.3 Å². The average molecular weight is 277 g/mol. The largest absolute Gasteiger partial charge is 0.290 e. The van der Waals surface area contributed by atoms with Crippen LogP contribution in [-0.2, 0) is 5.88 Å². The number of halogens is 1. The number of rotatable bonds is 2. The van der Waals surface area contributed by atoms with E-state index in [2.05, 4.69) is 47.5 Å². The van der Waals surface area contributed by atoms with E-state index >= 15 is 0 Å². The van der Waals surface area contributed by atoms with Gasteiger partial charge in [0.05, 0.1) is 17.3 Å². The van der Waals surface area contributed by atoms with Crippen molar-refractivity contribution in [1.29, 1.82) is 0 Å². The number of aromatic nitrogens is 2. The summed E-state index contributed by atoms with van der Waals surface area (Å²) in [6, 6.07) is 8.59. The Labute approximate surface area is 115 Å². The van der Waals surface area contributed by atoms with Crippen LogP contribution in [0.2, 0.25) is 0 Å². The maximum absolute atomic E-state index is 5.84. The number of hydrogen-bond acceptors (Lipinski definition) is 2. The highest BCUT2D eigenvalue weighted by Gasteiger charge is 2.13. The third-order valence-corrected chi connectivity index (χ3v) is 4.25. The molecule has 0 N–H and O–H groups in total. The van der Waals surface area contributed by atoms with Crippen LogP contribution in [0.4, 0.5) is 0 Å². The maximum atomic E-state index is 5.84. The Kier molecular flexibility index (Phi) is 2.88. The molecule has 0 fully saturated rings. The van der Waals surface area contributed by atoms with Crippen molar-refractivity contribution in [3.63, 3.8) is 0 Å². The first kappa shape index (κ1) is 11.8. The summed E-state index contributed by atoms with van der Waals surface area (Å²) in [7, 11) is 0. The van der Waals surface area contributed by atoms with Gasteiger partial charge in [-0.05, 0) is 19.4 Å². The quantitative estimate of drug-likeness (QED) is 0.634. The Morgan fingerprint density at radius 3 is 2.61 bits per heavy atom. The monoisotopic (exact) mass is 276 g/mol. The summed E-state index contributed by atoms with van der Waals surface area (Å²) in [4.78, 5) is 6.80. The van der Waals surface area contributed by atoms with E-state index in [1.165, 1.54) is 21.7 Å². The summed E-state index contributed by atoms with van der Waals surface area (Å²) >= 11 is 7.55. The Hall–Kier alpha value is -1.32. The van der Waals surface area contributed by atoms with Crippen molar-refractivity contribution in [2.45, 2.75) is 19.7 Å². The van der Waals surface area contributed by atoms with Crippen molar-refractivity contribution in [3.05, 3.63) is 46.6 Å². The van der Waals surface area contributed by atoms with Crippen LogP contribution in [0.15, 0.2) is 30.5 Å². The van der Waals surface area contributed by atoms with Crippen LogP contribution >= 0.6 is 22.9 Å². The van der Waals surface area contributed by atoms with Crippen molar-refractivity contribution in [3.8, 4) is 11.3 Å². The molecule has 18 heavy (non-hydrogen) atoms. The van der Waals surface area contributed by atoms with Crippen LogP contribution in [-0.4, -0.2) is 9.38 Å². The van der Waals surface area contributed by atoms with Gasteiger partial charge in [-0.15, -0.1) is 22.9 Å². The second-order valence-corrected chi connectivity index (χ2v) is 5.84. The molecule has 0 amide bonds. The van der Waals surface area contributed by atoms with E-state index in [1.54, 1.807) is 11.3 Å². The van der Waals surface area contributed by atoms with E-state index in [-0.39, 0.29) is 0 Å². The maximum Gasteiger partial charge on any atom is 0.194 e. The number of fused-ring (bicyclic) bond motifs is 1. The first-order valence-corrected chi connectivity index (χ1v) is 7.14. The number of nitrogens with zero attached hydrogens (tertiary/aromatic N) is 2. The summed E-state index contributed by atoms with van der Waals surface area (Å²) in [5.74, 6) is 0.459. The molecule has 0 unspecified atom stereocenters. The first-order valence-electron chi connectivity index (χ1n) is 5.79. The third kappa shape index (κ3) is 1.84. The molecule has 0 aliphatic carbocycles. The van der Waals surface area contributed by atoms with Gasteiger partial charge in [-0.2, -0.15) is 0 Å². The van der Waals surface area contributed by atoms with Gasteiger partial charge in [0.15, 0.2) is 4.96 Å². The van der Waals surface area contributed by atoms with Crippen molar-refractivity contribution in [2.24, 2.45) is 0 Å². The van der Waals surface area contributed by atoms with Crippen molar-refractivity contribution in [1.82, 2.24) is 9.38 Å². The zero-order valence-corrected chi connectivity index (χ0v) is 11.8. The molecule has 3 rings (SSSR count). The molecule has 2 heterocycles. The van der Waals surface area contributed by atoms with Crippen LogP contribution in [0, 0.1) is 13.8 Å². The van der Waals surface area contributed by atoms with Crippen LogP contribution in [0.5, 0.6) is 0 Å².